The summed E-state index contributed by atoms with van der Waals surface area (Å²) >= 11 is 3.64. The van der Waals surface area contributed by atoms with Crippen LogP contribution in [-0.2, 0) is 4.79 Å². The minimum Gasteiger partial charge on any atom is -0.341 e. The van der Waals surface area contributed by atoms with Crippen molar-refractivity contribution in [2.24, 2.45) is 11.8 Å². The Morgan fingerprint density at radius 1 is 1.05 bits per heavy atom. The van der Waals surface area contributed by atoms with Crippen LogP contribution in [0.2, 0.25) is 0 Å². The van der Waals surface area contributed by atoms with E-state index < -0.39 is 12.1 Å². The molecule has 21 heavy (non-hydrogen) atoms. The average Bonchev–Trinajstić information content (AvgIpc) is 2.45. The van der Waals surface area contributed by atoms with Gasteiger partial charge in [-0.25, -0.2) is 0 Å². The quantitative estimate of drug-likeness (QED) is 0.655. The SMILES string of the molecule is CN(C(=O)C1CCC(C(F)(F)F)CC1)C1CCCCC1Br. The van der Waals surface area contributed by atoms with Crippen LogP contribution < -0.4 is 0 Å². The summed E-state index contributed by atoms with van der Waals surface area (Å²) in [5.41, 5.74) is 0. The van der Waals surface area contributed by atoms with Crippen LogP contribution in [0.15, 0.2) is 0 Å². The number of carbonyl (C=O) groups excluding carboxylic acids is 1. The minimum atomic E-state index is -4.11. The van der Waals surface area contributed by atoms with Gasteiger partial charge in [0.2, 0.25) is 5.91 Å². The lowest BCUT2D eigenvalue weighted by atomic mass is 9.80. The van der Waals surface area contributed by atoms with Crippen LogP contribution in [0.25, 0.3) is 0 Å². The third-order valence-electron chi connectivity index (χ3n) is 5.03. The van der Waals surface area contributed by atoms with Gasteiger partial charge in [-0.1, -0.05) is 28.8 Å². The summed E-state index contributed by atoms with van der Waals surface area (Å²) in [6, 6.07) is 0.187. The zero-order chi connectivity index (χ0) is 15.6. The molecule has 0 bridgehead atoms. The molecule has 0 aromatic heterocycles. The maximum absolute atomic E-state index is 12.7. The summed E-state index contributed by atoms with van der Waals surface area (Å²) in [5, 5.41) is 0. The normalized spacial score (nSPS) is 34.5. The summed E-state index contributed by atoms with van der Waals surface area (Å²) in [7, 11) is 1.81. The van der Waals surface area contributed by atoms with Gasteiger partial charge in [-0.15, -0.1) is 0 Å². The summed E-state index contributed by atoms with van der Waals surface area (Å²) in [6.45, 7) is 0. The van der Waals surface area contributed by atoms with Crippen LogP contribution >= 0.6 is 15.9 Å². The largest absolute Gasteiger partial charge is 0.391 e. The van der Waals surface area contributed by atoms with Crippen LogP contribution in [0.1, 0.15) is 51.4 Å². The fraction of sp³-hybridized carbons (Fsp3) is 0.933. The van der Waals surface area contributed by atoms with Gasteiger partial charge in [0.05, 0.1) is 5.92 Å². The first-order valence-electron chi connectivity index (χ1n) is 7.78. The number of hydrogen-bond donors (Lipinski definition) is 0. The minimum absolute atomic E-state index is 0.0342. The van der Waals surface area contributed by atoms with Crippen molar-refractivity contribution in [3.63, 3.8) is 0 Å². The number of carbonyl (C=O) groups is 1. The van der Waals surface area contributed by atoms with Crippen LogP contribution in [-0.4, -0.2) is 34.9 Å². The Balaban J connectivity index is 1.89. The Bertz CT molecular complexity index is 366. The second-order valence-corrected chi connectivity index (χ2v) is 7.58. The van der Waals surface area contributed by atoms with E-state index in [0.717, 1.165) is 19.3 Å². The van der Waals surface area contributed by atoms with Crippen molar-refractivity contribution in [1.82, 2.24) is 4.90 Å². The zero-order valence-corrected chi connectivity index (χ0v) is 13.9. The molecule has 2 rings (SSSR count). The van der Waals surface area contributed by atoms with Crippen LogP contribution in [0.4, 0.5) is 13.2 Å². The van der Waals surface area contributed by atoms with Crippen molar-refractivity contribution in [2.45, 2.75) is 68.4 Å². The molecule has 0 saturated heterocycles. The fourth-order valence-electron chi connectivity index (χ4n) is 3.62. The standard InChI is InChI=1S/C15H23BrF3NO/c1-20(13-5-3-2-4-12(13)16)14(21)10-6-8-11(9-7-10)15(17,18)19/h10-13H,2-9H2,1H3. The average molecular weight is 370 g/mol. The second-order valence-electron chi connectivity index (χ2n) is 6.41. The van der Waals surface area contributed by atoms with Crippen molar-refractivity contribution in [3.8, 4) is 0 Å². The number of alkyl halides is 4. The Morgan fingerprint density at radius 3 is 2.14 bits per heavy atom. The van der Waals surface area contributed by atoms with E-state index in [-0.39, 0.29) is 30.7 Å². The van der Waals surface area contributed by atoms with Gasteiger partial charge in [0, 0.05) is 23.8 Å². The lowest BCUT2D eigenvalue weighted by molar-refractivity contribution is -0.185. The molecule has 0 heterocycles. The highest BCUT2D eigenvalue weighted by Crippen LogP contribution is 2.40. The number of amides is 1. The highest BCUT2D eigenvalue weighted by Gasteiger charge is 2.43. The summed E-state index contributed by atoms with van der Waals surface area (Å²) in [4.78, 5) is 14.6. The molecule has 2 aliphatic rings. The third kappa shape index (κ3) is 4.14. The van der Waals surface area contributed by atoms with E-state index >= 15 is 0 Å². The highest BCUT2D eigenvalue weighted by molar-refractivity contribution is 9.09. The Kier molecular flexibility index (Phi) is 5.60. The lowest BCUT2D eigenvalue weighted by Gasteiger charge is -2.38. The van der Waals surface area contributed by atoms with Crippen molar-refractivity contribution in [1.29, 1.82) is 0 Å². The number of halogens is 4. The molecule has 0 aromatic rings. The molecule has 2 unspecified atom stereocenters. The Labute approximate surface area is 132 Å². The van der Waals surface area contributed by atoms with Gasteiger partial charge < -0.3 is 4.90 Å². The predicted octanol–water partition coefficient (Wildman–Crippen LogP) is 4.52. The van der Waals surface area contributed by atoms with E-state index in [1.54, 1.807) is 4.90 Å². The maximum atomic E-state index is 12.7. The van der Waals surface area contributed by atoms with E-state index in [1.165, 1.54) is 6.42 Å². The van der Waals surface area contributed by atoms with Gasteiger partial charge in [0.25, 0.3) is 0 Å². The molecule has 2 saturated carbocycles. The summed E-state index contributed by atoms with van der Waals surface area (Å²) < 4.78 is 38.0. The van der Waals surface area contributed by atoms with Gasteiger partial charge in [-0.3, -0.25) is 4.79 Å². The monoisotopic (exact) mass is 369 g/mol. The number of nitrogens with zero attached hydrogens (tertiary/aromatic N) is 1. The molecule has 2 fully saturated rings. The lowest BCUT2D eigenvalue weighted by Crippen LogP contribution is -2.47. The second kappa shape index (κ2) is 6.88. The fourth-order valence-corrected chi connectivity index (χ4v) is 4.56. The molecular formula is C15H23BrF3NO. The molecule has 0 aliphatic heterocycles. The van der Waals surface area contributed by atoms with Gasteiger partial charge in [-0.05, 0) is 38.5 Å². The summed E-state index contributed by atoms with van der Waals surface area (Å²) in [5.74, 6) is -1.41. The molecular weight excluding hydrogens is 347 g/mol. The van der Waals surface area contributed by atoms with Crippen molar-refractivity contribution in [3.05, 3.63) is 0 Å². The molecule has 2 aliphatic carbocycles. The number of rotatable bonds is 2. The van der Waals surface area contributed by atoms with Crippen molar-refractivity contribution in [2.75, 3.05) is 7.05 Å². The molecule has 0 spiro atoms. The van der Waals surface area contributed by atoms with Gasteiger partial charge >= 0.3 is 6.18 Å². The summed E-state index contributed by atoms with van der Waals surface area (Å²) in [6.07, 6.45) is 1.14. The maximum Gasteiger partial charge on any atom is 0.391 e. The smallest absolute Gasteiger partial charge is 0.341 e. The predicted molar refractivity (Wildman–Crippen MR) is 79.2 cm³/mol. The van der Waals surface area contributed by atoms with Crippen LogP contribution in [0, 0.1) is 11.8 Å². The first-order chi connectivity index (χ1) is 9.80. The molecule has 2 nitrogen and oxygen atoms in total. The molecule has 2 atom stereocenters. The van der Waals surface area contributed by atoms with Crippen molar-refractivity contribution < 1.29 is 18.0 Å². The van der Waals surface area contributed by atoms with Gasteiger partial charge in [0.15, 0.2) is 0 Å². The van der Waals surface area contributed by atoms with E-state index in [1.807, 2.05) is 7.05 Å². The van der Waals surface area contributed by atoms with E-state index in [4.69, 9.17) is 0 Å². The first-order valence-corrected chi connectivity index (χ1v) is 8.69. The molecule has 0 aromatic carbocycles. The molecule has 0 radical (unpaired) electrons. The van der Waals surface area contributed by atoms with E-state index in [0.29, 0.717) is 17.7 Å². The third-order valence-corrected chi connectivity index (χ3v) is 6.10. The Hall–Kier alpha value is -0.260. The highest BCUT2D eigenvalue weighted by atomic mass is 79.9. The molecule has 6 heteroatoms. The molecule has 122 valence electrons. The molecule has 0 N–H and O–H groups in total. The topological polar surface area (TPSA) is 20.3 Å². The molecule has 1 amide bonds. The van der Waals surface area contributed by atoms with Gasteiger partial charge in [0.1, 0.15) is 0 Å². The van der Waals surface area contributed by atoms with E-state index in [9.17, 15) is 18.0 Å². The van der Waals surface area contributed by atoms with Gasteiger partial charge in [-0.2, -0.15) is 13.2 Å². The van der Waals surface area contributed by atoms with Crippen LogP contribution in [0.3, 0.4) is 0 Å². The first kappa shape index (κ1) is 17.1. The van der Waals surface area contributed by atoms with E-state index in [2.05, 4.69) is 15.9 Å². The number of hydrogen-bond acceptors (Lipinski definition) is 1. The van der Waals surface area contributed by atoms with Crippen LogP contribution in [0.5, 0.6) is 0 Å². The van der Waals surface area contributed by atoms with Crippen molar-refractivity contribution >= 4 is 21.8 Å². The zero-order valence-electron chi connectivity index (χ0n) is 12.3. The Morgan fingerprint density at radius 2 is 1.62 bits per heavy atom.